The Balaban J connectivity index is 2.23. The molecule has 1 aromatic heterocycles. The monoisotopic (exact) mass is 227 g/mol. The number of nitrogens with zero attached hydrogens (tertiary/aromatic N) is 1. The number of hydrogen-bond donors (Lipinski definition) is 0. The van der Waals surface area contributed by atoms with Crippen LogP contribution in [0.3, 0.4) is 0 Å². The van der Waals surface area contributed by atoms with E-state index in [1.54, 1.807) is 31.5 Å². The highest BCUT2D eigenvalue weighted by molar-refractivity contribution is 7.86. The van der Waals surface area contributed by atoms with Gasteiger partial charge in [-0.15, -0.1) is 0 Å². The van der Waals surface area contributed by atoms with Gasteiger partial charge in [0.05, 0.1) is 5.75 Å². The van der Waals surface area contributed by atoms with E-state index < -0.39 is 15.7 Å². The fraction of sp³-hybridized carbons (Fsp3) is 0.500. The van der Waals surface area contributed by atoms with Crippen molar-refractivity contribution in [3.05, 3.63) is 30.1 Å². The summed E-state index contributed by atoms with van der Waals surface area (Å²) in [4.78, 5) is 3.90. The fourth-order valence-electron chi connectivity index (χ4n) is 1.49. The standard InChI is InChI=1S/C10H13NO3S/c1-2-15(12,13)14-10(5-6-10)9-3-7-11-8-4-9/h3-4,7-8H,2,5-6H2,1H3. The van der Waals surface area contributed by atoms with Gasteiger partial charge in [-0.25, -0.2) is 0 Å². The lowest BCUT2D eigenvalue weighted by atomic mass is 10.1. The molecule has 0 amide bonds. The molecule has 1 aromatic rings. The van der Waals surface area contributed by atoms with E-state index in [9.17, 15) is 8.42 Å². The molecular weight excluding hydrogens is 214 g/mol. The van der Waals surface area contributed by atoms with E-state index in [-0.39, 0.29) is 5.75 Å². The normalized spacial score (nSPS) is 18.7. The first-order chi connectivity index (χ1) is 7.08. The van der Waals surface area contributed by atoms with Crippen LogP contribution in [0.5, 0.6) is 0 Å². The smallest absolute Gasteiger partial charge is 0.265 e. The molecule has 1 fully saturated rings. The Morgan fingerprint density at radius 1 is 1.40 bits per heavy atom. The van der Waals surface area contributed by atoms with Crippen molar-refractivity contribution in [1.29, 1.82) is 0 Å². The summed E-state index contributed by atoms with van der Waals surface area (Å²) in [6, 6.07) is 3.61. The summed E-state index contributed by atoms with van der Waals surface area (Å²) in [5.74, 6) is 0.0137. The first-order valence-electron chi connectivity index (χ1n) is 4.92. The average molecular weight is 227 g/mol. The minimum Gasteiger partial charge on any atom is -0.265 e. The van der Waals surface area contributed by atoms with Gasteiger partial charge in [0, 0.05) is 12.4 Å². The lowest BCUT2D eigenvalue weighted by molar-refractivity contribution is 0.190. The fourth-order valence-corrected chi connectivity index (χ4v) is 2.36. The van der Waals surface area contributed by atoms with Gasteiger partial charge in [0.1, 0.15) is 5.60 Å². The molecule has 82 valence electrons. The van der Waals surface area contributed by atoms with Gasteiger partial charge in [-0.2, -0.15) is 8.42 Å². The molecule has 0 atom stereocenters. The second kappa shape index (κ2) is 3.57. The van der Waals surface area contributed by atoms with Crippen LogP contribution in [0, 0.1) is 0 Å². The maximum Gasteiger partial charge on any atom is 0.267 e. The van der Waals surface area contributed by atoms with Gasteiger partial charge >= 0.3 is 0 Å². The van der Waals surface area contributed by atoms with Crippen LogP contribution in [0.15, 0.2) is 24.5 Å². The zero-order chi connectivity index (χ0) is 10.9. The maximum atomic E-state index is 11.4. The molecule has 0 aliphatic heterocycles. The molecule has 0 unspecified atom stereocenters. The Bertz CT molecular complexity index is 437. The van der Waals surface area contributed by atoms with Crippen LogP contribution in [0.2, 0.25) is 0 Å². The Labute approximate surface area is 89.4 Å². The Morgan fingerprint density at radius 3 is 2.47 bits per heavy atom. The van der Waals surface area contributed by atoms with E-state index in [0.29, 0.717) is 0 Å². The van der Waals surface area contributed by atoms with E-state index in [0.717, 1.165) is 18.4 Å². The third-order valence-corrected chi connectivity index (χ3v) is 3.83. The van der Waals surface area contributed by atoms with E-state index in [4.69, 9.17) is 4.18 Å². The average Bonchev–Trinajstić information content (AvgIpc) is 3.00. The van der Waals surface area contributed by atoms with Crippen LogP contribution < -0.4 is 0 Å². The molecule has 5 heteroatoms. The molecule has 4 nitrogen and oxygen atoms in total. The number of rotatable bonds is 4. The van der Waals surface area contributed by atoms with Crippen LogP contribution in [0.4, 0.5) is 0 Å². The number of pyridine rings is 1. The summed E-state index contributed by atoms with van der Waals surface area (Å²) in [6.45, 7) is 1.58. The van der Waals surface area contributed by atoms with Gasteiger partial charge in [0.2, 0.25) is 0 Å². The Hall–Kier alpha value is -0.940. The molecule has 1 saturated carbocycles. The minimum absolute atomic E-state index is 0.0137. The Kier molecular flexibility index (Phi) is 2.52. The predicted octanol–water partition coefficient (Wildman–Crippen LogP) is 1.44. The van der Waals surface area contributed by atoms with Crippen LogP contribution in [-0.2, 0) is 19.9 Å². The van der Waals surface area contributed by atoms with Crippen molar-refractivity contribution in [2.24, 2.45) is 0 Å². The SMILES string of the molecule is CCS(=O)(=O)OC1(c2ccncc2)CC1. The molecule has 0 bridgehead atoms. The molecule has 15 heavy (non-hydrogen) atoms. The van der Waals surface area contributed by atoms with Crippen molar-refractivity contribution >= 4 is 10.1 Å². The van der Waals surface area contributed by atoms with Crippen LogP contribution >= 0.6 is 0 Å². The zero-order valence-corrected chi connectivity index (χ0v) is 9.33. The third kappa shape index (κ3) is 2.18. The minimum atomic E-state index is -3.38. The zero-order valence-electron chi connectivity index (χ0n) is 8.51. The van der Waals surface area contributed by atoms with Crippen LogP contribution in [0.25, 0.3) is 0 Å². The molecular formula is C10H13NO3S. The van der Waals surface area contributed by atoms with Gasteiger partial charge in [-0.1, -0.05) is 0 Å². The molecule has 1 aliphatic rings. The quantitative estimate of drug-likeness (QED) is 0.730. The molecule has 0 saturated heterocycles. The van der Waals surface area contributed by atoms with Crippen molar-refractivity contribution in [1.82, 2.24) is 4.98 Å². The van der Waals surface area contributed by atoms with Gasteiger partial charge in [0.15, 0.2) is 0 Å². The van der Waals surface area contributed by atoms with Crippen LogP contribution in [0.1, 0.15) is 25.3 Å². The van der Waals surface area contributed by atoms with Crippen molar-refractivity contribution in [3.63, 3.8) is 0 Å². The molecule has 0 spiro atoms. The summed E-state index contributed by atoms with van der Waals surface area (Å²) in [5.41, 5.74) is 0.298. The molecule has 1 aliphatic carbocycles. The lowest BCUT2D eigenvalue weighted by Crippen LogP contribution is -2.19. The summed E-state index contributed by atoms with van der Waals surface area (Å²) >= 11 is 0. The van der Waals surface area contributed by atoms with Crippen molar-refractivity contribution in [3.8, 4) is 0 Å². The van der Waals surface area contributed by atoms with Crippen molar-refractivity contribution in [2.45, 2.75) is 25.4 Å². The topological polar surface area (TPSA) is 56.3 Å². The first-order valence-corrected chi connectivity index (χ1v) is 6.49. The van der Waals surface area contributed by atoms with E-state index in [1.807, 2.05) is 0 Å². The highest BCUT2D eigenvalue weighted by Crippen LogP contribution is 2.50. The van der Waals surface area contributed by atoms with Gasteiger partial charge in [0.25, 0.3) is 10.1 Å². The summed E-state index contributed by atoms with van der Waals surface area (Å²) in [6.07, 6.45) is 4.82. The third-order valence-electron chi connectivity index (χ3n) is 2.55. The van der Waals surface area contributed by atoms with Crippen LogP contribution in [-0.4, -0.2) is 19.2 Å². The number of hydrogen-bond acceptors (Lipinski definition) is 4. The molecule has 0 aromatic carbocycles. The van der Waals surface area contributed by atoms with E-state index in [2.05, 4.69) is 4.98 Å². The summed E-state index contributed by atoms with van der Waals surface area (Å²) in [5, 5.41) is 0. The largest absolute Gasteiger partial charge is 0.267 e. The summed E-state index contributed by atoms with van der Waals surface area (Å²) in [7, 11) is -3.38. The van der Waals surface area contributed by atoms with Gasteiger partial charge < -0.3 is 0 Å². The van der Waals surface area contributed by atoms with Gasteiger partial charge in [-0.05, 0) is 37.5 Å². The molecule has 1 heterocycles. The molecule has 2 rings (SSSR count). The lowest BCUT2D eigenvalue weighted by Gasteiger charge is -2.15. The second-order valence-corrected chi connectivity index (χ2v) is 5.52. The highest BCUT2D eigenvalue weighted by atomic mass is 32.2. The maximum absolute atomic E-state index is 11.4. The van der Waals surface area contributed by atoms with Crippen molar-refractivity contribution < 1.29 is 12.6 Å². The van der Waals surface area contributed by atoms with E-state index in [1.165, 1.54) is 0 Å². The Morgan fingerprint density at radius 2 is 2.00 bits per heavy atom. The molecule has 0 N–H and O–H groups in total. The molecule has 0 radical (unpaired) electrons. The first kappa shape index (κ1) is 10.6. The number of aromatic nitrogens is 1. The van der Waals surface area contributed by atoms with Gasteiger partial charge in [-0.3, -0.25) is 9.17 Å². The highest BCUT2D eigenvalue weighted by Gasteiger charge is 2.49. The predicted molar refractivity (Wildman–Crippen MR) is 55.7 cm³/mol. The summed E-state index contributed by atoms with van der Waals surface area (Å²) < 4.78 is 28.0. The second-order valence-electron chi connectivity index (χ2n) is 3.66. The van der Waals surface area contributed by atoms with E-state index >= 15 is 0 Å². The van der Waals surface area contributed by atoms with Crippen molar-refractivity contribution in [2.75, 3.05) is 5.75 Å².